The molecule has 1 saturated heterocycles. The van der Waals surface area contributed by atoms with E-state index < -0.39 is 5.91 Å². The second kappa shape index (κ2) is 7.88. The van der Waals surface area contributed by atoms with Crippen LogP contribution in [0.5, 0.6) is 5.75 Å². The molecule has 0 atom stereocenters. The molecule has 1 aliphatic rings. The van der Waals surface area contributed by atoms with Crippen LogP contribution in [0, 0.1) is 0 Å². The maximum atomic E-state index is 12.4. The van der Waals surface area contributed by atoms with Crippen molar-refractivity contribution in [3.8, 4) is 5.75 Å². The topological polar surface area (TPSA) is 85.0 Å². The molecule has 0 unspecified atom stereocenters. The number of nitrogens with two attached hydrogens (primary N) is 1. The van der Waals surface area contributed by atoms with Crippen molar-refractivity contribution in [3.63, 3.8) is 0 Å². The van der Waals surface area contributed by atoms with Crippen molar-refractivity contribution in [2.75, 3.05) is 13.7 Å². The van der Waals surface area contributed by atoms with Crippen LogP contribution in [0.15, 0.2) is 64.5 Å². The number of aliphatic imine (C=N–C) groups is 1. The van der Waals surface area contributed by atoms with Gasteiger partial charge in [-0.1, -0.05) is 30.3 Å². The summed E-state index contributed by atoms with van der Waals surface area (Å²) < 4.78 is 5.22. The van der Waals surface area contributed by atoms with Gasteiger partial charge in [-0.2, -0.15) is 0 Å². The first-order valence-corrected chi connectivity index (χ1v) is 8.67. The van der Waals surface area contributed by atoms with E-state index in [1.165, 1.54) is 16.7 Å². The monoisotopic (exact) mass is 367 g/mol. The smallest absolute Gasteiger partial charge is 0.266 e. The third-order valence-corrected chi connectivity index (χ3v) is 4.60. The Morgan fingerprint density at radius 1 is 1.19 bits per heavy atom. The van der Waals surface area contributed by atoms with E-state index in [2.05, 4.69) is 4.99 Å². The Morgan fingerprint density at radius 2 is 1.88 bits per heavy atom. The zero-order chi connectivity index (χ0) is 18.5. The number of ether oxygens (including phenoxy) is 1. The van der Waals surface area contributed by atoms with Gasteiger partial charge >= 0.3 is 0 Å². The molecular weight excluding hydrogens is 350 g/mol. The van der Waals surface area contributed by atoms with Crippen LogP contribution in [0.25, 0.3) is 6.08 Å². The highest BCUT2D eigenvalue weighted by Crippen LogP contribution is 2.33. The van der Waals surface area contributed by atoms with Gasteiger partial charge in [-0.25, -0.2) is 4.99 Å². The number of carbonyl (C=O) groups excluding carboxylic acids is 2. The van der Waals surface area contributed by atoms with Crippen molar-refractivity contribution in [2.45, 2.75) is 0 Å². The summed E-state index contributed by atoms with van der Waals surface area (Å²) in [5, 5.41) is 0.633. The summed E-state index contributed by atoms with van der Waals surface area (Å²) in [4.78, 5) is 29.8. The van der Waals surface area contributed by atoms with E-state index in [-0.39, 0.29) is 12.5 Å². The molecule has 3 rings (SSSR count). The van der Waals surface area contributed by atoms with Crippen LogP contribution >= 0.6 is 11.8 Å². The summed E-state index contributed by atoms with van der Waals surface area (Å²) in [5.74, 6) is -0.0871. The van der Waals surface area contributed by atoms with Gasteiger partial charge in [0.1, 0.15) is 5.75 Å². The minimum Gasteiger partial charge on any atom is -0.484 e. The summed E-state index contributed by atoms with van der Waals surface area (Å²) in [6, 6.07) is 16.6. The number of amides is 2. The SMILES string of the molecule is CN1C(=O)C(=Cc2ccc(OCC(N)=O)cc2)SC1=Nc1ccccc1. The van der Waals surface area contributed by atoms with Crippen molar-refractivity contribution in [2.24, 2.45) is 10.7 Å². The summed E-state index contributed by atoms with van der Waals surface area (Å²) in [6.45, 7) is -0.168. The molecule has 1 aliphatic heterocycles. The second-order valence-corrected chi connectivity index (χ2v) is 6.54. The third-order valence-electron chi connectivity index (χ3n) is 3.54. The Labute approximate surface area is 155 Å². The van der Waals surface area contributed by atoms with Gasteiger partial charge in [-0.15, -0.1) is 0 Å². The van der Waals surface area contributed by atoms with Crippen molar-refractivity contribution in [1.82, 2.24) is 4.90 Å². The van der Waals surface area contributed by atoms with Crippen LogP contribution in [0.3, 0.4) is 0 Å². The molecule has 1 heterocycles. The molecule has 2 aromatic rings. The number of rotatable bonds is 5. The van der Waals surface area contributed by atoms with Crippen LogP contribution in [-0.2, 0) is 9.59 Å². The summed E-state index contributed by atoms with van der Waals surface area (Å²) >= 11 is 1.33. The van der Waals surface area contributed by atoms with Gasteiger partial charge in [-0.05, 0) is 47.7 Å². The van der Waals surface area contributed by atoms with E-state index in [0.717, 1.165) is 11.3 Å². The zero-order valence-corrected chi connectivity index (χ0v) is 14.9. The number of hydrogen-bond donors (Lipinski definition) is 1. The molecule has 0 radical (unpaired) electrons. The molecule has 132 valence electrons. The first-order chi connectivity index (χ1) is 12.5. The van der Waals surface area contributed by atoms with Crippen LogP contribution in [0.1, 0.15) is 5.56 Å². The molecule has 0 spiro atoms. The normalized spacial score (nSPS) is 17.1. The van der Waals surface area contributed by atoms with E-state index in [1.54, 1.807) is 25.3 Å². The molecule has 2 aromatic carbocycles. The lowest BCUT2D eigenvalue weighted by Crippen LogP contribution is -2.23. The fourth-order valence-electron chi connectivity index (χ4n) is 2.23. The average Bonchev–Trinajstić information content (AvgIpc) is 2.90. The average molecular weight is 367 g/mol. The molecule has 2 N–H and O–H groups in total. The second-order valence-electron chi connectivity index (χ2n) is 5.53. The van der Waals surface area contributed by atoms with Crippen LogP contribution in [-0.4, -0.2) is 35.5 Å². The molecule has 1 fully saturated rings. The van der Waals surface area contributed by atoms with Gasteiger partial charge < -0.3 is 10.5 Å². The molecule has 0 aromatic heterocycles. The first-order valence-electron chi connectivity index (χ1n) is 7.85. The predicted molar refractivity (Wildman–Crippen MR) is 103 cm³/mol. The Bertz CT molecular complexity index is 877. The number of carbonyl (C=O) groups is 2. The van der Waals surface area contributed by atoms with Gasteiger partial charge in [-0.3, -0.25) is 14.5 Å². The fourth-order valence-corrected chi connectivity index (χ4v) is 3.22. The Balaban J connectivity index is 1.75. The molecule has 26 heavy (non-hydrogen) atoms. The highest BCUT2D eigenvalue weighted by Gasteiger charge is 2.30. The van der Waals surface area contributed by atoms with Gasteiger partial charge in [0.2, 0.25) is 0 Å². The number of nitrogens with zero attached hydrogens (tertiary/aromatic N) is 2. The fraction of sp³-hybridized carbons (Fsp3) is 0.105. The first kappa shape index (κ1) is 17.8. The van der Waals surface area contributed by atoms with Crippen LogP contribution < -0.4 is 10.5 Å². The molecule has 7 heteroatoms. The number of likely N-dealkylation sites (N-methyl/N-ethyl adjacent to an activating group) is 1. The minimum absolute atomic E-state index is 0.0984. The molecule has 0 aliphatic carbocycles. The van der Waals surface area contributed by atoms with Gasteiger partial charge in [0, 0.05) is 7.05 Å². The van der Waals surface area contributed by atoms with E-state index in [0.29, 0.717) is 15.8 Å². The zero-order valence-electron chi connectivity index (χ0n) is 14.1. The van der Waals surface area contributed by atoms with Crippen LogP contribution in [0.4, 0.5) is 5.69 Å². The quantitative estimate of drug-likeness (QED) is 0.824. The number of hydrogen-bond acceptors (Lipinski definition) is 5. The van der Waals surface area contributed by atoms with Crippen molar-refractivity contribution in [1.29, 1.82) is 0 Å². The minimum atomic E-state index is -0.530. The highest BCUT2D eigenvalue weighted by atomic mass is 32.2. The van der Waals surface area contributed by atoms with E-state index in [9.17, 15) is 9.59 Å². The summed E-state index contributed by atoms with van der Waals surface area (Å²) in [6.07, 6.45) is 1.80. The van der Waals surface area contributed by atoms with Crippen molar-refractivity contribution >= 4 is 40.5 Å². The highest BCUT2D eigenvalue weighted by molar-refractivity contribution is 8.18. The number of para-hydroxylation sites is 1. The van der Waals surface area contributed by atoms with Gasteiger partial charge in [0.05, 0.1) is 10.6 Å². The molecule has 0 bridgehead atoms. The lowest BCUT2D eigenvalue weighted by molar-refractivity contribution is -0.121. The number of primary amides is 1. The molecule has 6 nitrogen and oxygen atoms in total. The standard InChI is InChI=1S/C19H17N3O3S/c1-22-18(24)16(26-19(22)21-14-5-3-2-4-6-14)11-13-7-9-15(10-8-13)25-12-17(20)23/h2-11H,12H2,1H3,(H2,20,23). The van der Waals surface area contributed by atoms with Gasteiger partial charge in [0.15, 0.2) is 11.8 Å². The third kappa shape index (κ3) is 4.31. The lowest BCUT2D eigenvalue weighted by Gasteiger charge is -2.06. The summed E-state index contributed by atoms with van der Waals surface area (Å²) in [7, 11) is 1.71. The van der Waals surface area contributed by atoms with E-state index in [1.807, 2.05) is 42.5 Å². The Kier molecular flexibility index (Phi) is 5.38. The lowest BCUT2D eigenvalue weighted by atomic mass is 10.2. The number of benzene rings is 2. The maximum Gasteiger partial charge on any atom is 0.266 e. The van der Waals surface area contributed by atoms with Crippen LogP contribution in [0.2, 0.25) is 0 Å². The largest absolute Gasteiger partial charge is 0.484 e. The van der Waals surface area contributed by atoms with Crippen molar-refractivity contribution < 1.29 is 14.3 Å². The summed E-state index contributed by atoms with van der Waals surface area (Å²) in [5.41, 5.74) is 6.69. The van der Waals surface area contributed by atoms with Crippen molar-refractivity contribution in [3.05, 3.63) is 65.1 Å². The molecule has 0 saturated carbocycles. The Hall–Kier alpha value is -3.06. The number of amidine groups is 1. The number of thioether (sulfide) groups is 1. The maximum absolute atomic E-state index is 12.4. The van der Waals surface area contributed by atoms with Gasteiger partial charge in [0.25, 0.3) is 11.8 Å². The predicted octanol–water partition coefficient (Wildman–Crippen LogP) is 2.78. The molecular formula is C19H17N3O3S. The molecule has 2 amide bonds. The Morgan fingerprint density at radius 3 is 2.54 bits per heavy atom. The van der Waals surface area contributed by atoms with E-state index in [4.69, 9.17) is 10.5 Å². The van der Waals surface area contributed by atoms with E-state index >= 15 is 0 Å².